The lowest BCUT2D eigenvalue weighted by molar-refractivity contribution is -0.385. The molecule has 2 aromatic rings. The summed E-state index contributed by atoms with van der Waals surface area (Å²) in [5.74, 6) is -0.246. The number of nitrogens with zero attached hydrogens (tertiary/aromatic N) is 1. The summed E-state index contributed by atoms with van der Waals surface area (Å²) in [6, 6.07) is 10.9. The minimum Gasteiger partial charge on any atom is -0.493 e. The van der Waals surface area contributed by atoms with Gasteiger partial charge in [-0.05, 0) is 39.3 Å². The Morgan fingerprint density at radius 3 is 2.48 bits per heavy atom. The minimum atomic E-state index is -0.888. The zero-order valence-corrected chi connectivity index (χ0v) is 18.2. The first kappa shape index (κ1) is 23.9. The van der Waals surface area contributed by atoms with Gasteiger partial charge in [0.25, 0.3) is 5.69 Å². The number of benzene rings is 2. The molecule has 31 heavy (non-hydrogen) atoms. The summed E-state index contributed by atoms with van der Waals surface area (Å²) in [5.41, 5.74) is 2.16. The Labute approximate surface area is 181 Å². The van der Waals surface area contributed by atoms with Gasteiger partial charge in [-0.25, -0.2) is 0 Å². The van der Waals surface area contributed by atoms with Crippen LogP contribution >= 0.6 is 0 Å². The number of nitrogens with one attached hydrogen (secondary N) is 1. The molecule has 0 bridgehead atoms. The molecule has 0 radical (unpaired) electrons. The van der Waals surface area contributed by atoms with E-state index in [2.05, 4.69) is 5.32 Å². The lowest BCUT2D eigenvalue weighted by Crippen LogP contribution is -2.32. The first-order chi connectivity index (χ1) is 14.7. The summed E-state index contributed by atoms with van der Waals surface area (Å²) in [7, 11) is 0. The van der Waals surface area contributed by atoms with Crippen LogP contribution in [0.25, 0.3) is 0 Å². The van der Waals surface area contributed by atoms with Gasteiger partial charge in [0.05, 0.1) is 42.1 Å². The highest BCUT2D eigenvalue weighted by Gasteiger charge is 2.26. The number of esters is 1. The third kappa shape index (κ3) is 7.40. The first-order valence-corrected chi connectivity index (χ1v) is 10.1. The molecule has 2 aromatic carbocycles. The average molecular weight is 428 g/mol. The van der Waals surface area contributed by atoms with E-state index >= 15 is 0 Å². The van der Waals surface area contributed by atoms with Crippen LogP contribution in [0.5, 0.6) is 5.75 Å². The first-order valence-electron chi connectivity index (χ1n) is 10.1. The van der Waals surface area contributed by atoms with Crippen molar-refractivity contribution in [3.8, 4) is 5.75 Å². The zero-order chi connectivity index (χ0) is 23.0. The predicted octanol–water partition coefficient (Wildman–Crippen LogP) is 4.18. The van der Waals surface area contributed by atoms with Crippen molar-refractivity contribution in [2.45, 2.75) is 52.7 Å². The van der Waals surface area contributed by atoms with Gasteiger partial charge in [0.2, 0.25) is 5.91 Å². The van der Waals surface area contributed by atoms with E-state index < -0.39 is 16.9 Å². The number of rotatable bonds is 10. The van der Waals surface area contributed by atoms with Gasteiger partial charge in [0.15, 0.2) is 0 Å². The smallest absolute Gasteiger partial charge is 0.308 e. The largest absolute Gasteiger partial charge is 0.493 e. The Balaban J connectivity index is 2.08. The minimum absolute atomic E-state index is 0.0314. The second-order valence-electron chi connectivity index (χ2n) is 7.55. The second kappa shape index (κ2) is 11.1. The fourth-order valence-corrected chi connectivity index (χ4v) is 3.15. The molecule has 0 aromatic heterocycles. The van der Waals surface area contributed by atoms with Crippen molar-refractivity contribution in [2.24, 2.45) is 0 Å². The molecule has 0 aliphatic heterocycles. The van der Waals surface area contributed by atoms with Crippen LogP contribution in [0.15, 0.2) is 42.5 Å². The highest BCUT2D eigenvalue weighted by molar-refractivity contribution is 5.78. The van der Waals surface area contributed by atoms with Gasteiger partial charge in [0.1, 0.15) is 5.75 Å². The number of nitro groups is 1. The van der Waals surface area contributed by atoms with Gasteiger partial charge in [-0.1, -0.05) is 35.9 Å². The number of nitro benzene ring substituents is 1. The van der Waals surface area contributed by atoms with Crippen molar-refractivity contribution in [3.63, 3.8) is 0 Å². The van der Waals surface area contributed by atoms with E-state index in [1.165, 1.54) is 18.2 Å². The van der Waals surface area contributed by atoms with Crippen LogP contribution < -0.4 is 10.1 Å². The Morgan fingerprint density at radius 2 is 1.84 bits per heavy atom. The molecule has 8 nitrogen and oxygen atoms in total. The molecule has 1 N–H and O–H groups in total. The number of amides is 1. The third-order valence-electron chi connectivity index (χ3n) is 4.50. The van der Waals surface area contributed by atoms with E-state index in [0.29, 0.717) is 5.75 Å². The van der Waals surface area contributed by atoms with Gasteiger partial charge in [-0.2, -0.15) is 0 Å². The van der Waals surface area contributed by atoms with Crippen molar-refractivity contribution in [1.29, 1.82) is 0 Å². The van der Waals surface area contributed by atoms with Gasteiger partial charge in [-0.15, -0.1) is 0 Å². The van der Waals surface area contributed by atoms with Crippen LogP contribution in [0.4, 0.5) is 5.69 Å². The summed E-state index contributed by atoms with van der Waals surface area (Å²) in [4.78, 5) is 35.6. The zero-order valence-electron chi connectivity index (χ0n) is 18.2. The topological polar surface area (TPSA) is 108 Å². The van der Waals surface area contributed by atoms with E-state index in [0.717, 1.165) is 11.1 Å². The van der Waals surface area contributed by atoms with Crippen molar-refractivity contribution < 1.29 is 24.0 Å². The molecule has 1 amide bonds. The second-order valence-corrected chi connectivity index (χ2v) is 7.55. The quantitative estimate of drug-likeness (QED) is 0.346. The summed E-state index contributed by atoms with van der Waals surface area (Å²) in [6.07, 6.45) is -0.517. The molecule has 0 fully saturated rings. The lowest BCUT2D eigenvalue weighted by Gasteiger charge is -2.19. The molecule has 0 saturated heterocycles. The van der Waals surface area contributed by atoms with Gasteiger partial charge < -0.3 is 14.8 Å². The summed E-state index contributed by atoms with van der Waals surface area (Å²) in [5, 5.41) is 14.1. The molecule has 0 aliphatic rings. The average Bonchev–Trinajstić information content (AvgIpc) is 2.68. The molecule has 0 aliphatic carbocycles. The molecule has 8 heteroatoms. The van der Waals surface area contributed by atoms with Crippen LogP contribution in [0, 0.1) is 24.0 Å². The van der Waals surface area contributed by atoms with Gasteiger partial charge >= 0.3 is 5.97 Å². The van der Waals surface area contributed by atoms with Gasteiger partial charge in [-0.3, -0.25) is 19.7 Å². The number of carbonyl (C=O) groups excluding carboxylic acids is 2. The number of aryl methyl sites for hydroxylation is 2. The van der Waals surface area contributed by atoms with Crippen LogP contribution in [0.2, 0.25) is 0 Å². The van der Waals surface area contributed by atoms with Crippen molar-refractivity contribution in [1.82, 2.24) is 5.32 Å². The Bertz CT molecular complexity index is 941. The monoisotopic (exact) mass is 428 g/mol. The summed E-state index contributed by atoms with van der Waals surface area (Å²) < 4.78 is 10.8. The molecular formula is C23H28N2O6. The normalized spacial score (nSPS) is 11.6. The number of carbonyl (C=O) groups is 2. The van der Waals surface area contributed by atoms with E-state index in [1.807, 2.05) is 32.0 Å². The molecule has 166 valence electrons. The SMILES string of the molecule is Cc1ccc(OCCC(=O)NC(CC(=O)OC(C)C)c2ccccc2[N+](=O)[O-])c(C)c1. The van der Waals surface area contributed by atoms with E-state index in [-0.39, 0.29) is 42.7 Å². The predicted molar refractivity (Wildman–Crippen MR) is 116 cm³/mol. The number of para-hydroxylation sites is 1. The highest BCUT2D eigenvalue weighted by Crippen LogP contribution is 2.27. The number of ether oxygens (including phenoxy) is 2. The highest BCUT2D eigenvalue weighted by atomic mass is 16.6. The number of hydrogen-bond acceptors (Lipinski definition) is 6. The van der Waals surface area contributed by atoms with Gasteiger partial charge in [0, 0.05) is 6.07 Å². The summed E-state index contributed by atoms with van der Waals surface area (Å²) >= 11 is 0. The maximum absolute atomic E-state index is 12.5. The third-order valence-corrected chi connectivity index (χ3v) is 4.50. The van der Waals surface area contributed by atoms with Crippen molar-refractivity contribution >= 4 is 17.6 Å². The standard InChI is InChI=1S/C23H28N2O6/c1-15(2)31-23(27)14-19(18-7-5-6-8-20(18)25(28)29)24-22(26)11-12-30-21-10-9-16(3)13-17(21)4/h5-10,13,15,19H,11-12,14H2,1-4H3,(H,24,26). The molecular weight excluding hydrogens is 400 g/mol. The Kier molecular flexibility index (Phi) is 8.54. The van der Waals surface area contributed by atoms with E-state index in [9.17, 15) is 19.7 Å². The maximum atomic E-state index is 12.5. The molecule has 0 saturated carbocycles. The van der Waals surface area contributed by atoms with Crippen LogP contribution in [0.3, 0.4) is 0 Å². The maximum Gasteiger partial charge on any atom is 0.308 e. The number of hydrogen-bond donors (Lipinski definition) is 1. The van der Waals surface area contributed by atoms with E-state index in [1.54, 1.807) is 19.9 Å². The van der Waals surface area contributed by atoms with Crippen LogP contribution in [-0.2, 0) is 14.3 Å². The Hall–Kier alpha value is -3.42. The Morgan fingerprint density at radius 1 is 1.13 bits per heavy atom. The fraction of sp³-hybridized carbons (Fsp3) is 0.391. The molecule has 0 heterocycles. The van der Waals surface area contributed by atoms with Crippen molar-refractivity contribution in [3.05, 3.63) is 69.3 Å². The van der Waals surface area contributed by atoms with Crippen LogP contribution in [0.1, 0.15) is 49.4 Å². The molecule has 0 spiro atoms. The summed E-state index contributed by atoms with van der Waals surface area (Å²) in [6.45, 7) is 7.46. The molecule has 2 rings (SSSR count). The van der Waals surface area contributed by atoms with E-state index in [4.69, 9.17) is 9.47 Å². The lowest BCUT2D eigenvalue weighted by atomic mass is 10.0. The fourth-order valence-electron chi connectivity index (χ4n) is 3.15. The van der Waals surface area contributed by atoms with Crippen molar-refractivity contribution in [2.75, 3.05) is 6.61 Å². The van der Waals surface area contributed by atoms with Crippen LogP contribution in [-0.4, -0.2) is 29.5 Å². The molecule has 1 atom stereocenters. The molecule has 1 unspecified atom stereocenters.